The summed E-state index contributed by atoms with van der Waals surface area (Å²) in [5.74, 6) is -1.45. The van der Waals surface area contributed by atoms with Gasteiger partial charge in [0, 0.05) is 26.4 Å². The Morgan fingerprint density at radius 3 is 2.36 bits per heavy atom. The van der Waals surface area contributed by atoms with Gasteiger partial charge in [0.15, 0.2) is 6.29 Å². The molecule has 0 aromatic heterocycles. The van der Waals surface area contributed by atoms with Gasteiger partial charge in [0.1, 0.15) is 0 Å². The molecule has 1 aromatic carbocycles. The number of nitrogens with one attached hydrogen (secondary N) is 1. The van der Waals surface area contributed by atoms with E-state index in [0.717, 1.165) is 19.2 Å². The Hall–Kier alpha value is -2.52. The minimum absolute atomic E-state index is 0.0385. The summed E-state index contributed by atoms with van der Waals surface area (Å²) >= 11 is 0. The number of esters is 1. The number of carbonyl (C=O) groups is 2. The summed E-state index contributed by atoms with van der Waals surface area (Å²) in [5, 5.41) is 13.3. The molecule has 0 unspecified atom stereocenters. The topological polar surface area (TPSA) is 117 Å². The van der Waals surface area contributed by atoms with Gasteiger partial charge in [0.25, 0.3) is 11.6 Å². The van der Waals surface area contributed by atoms with E-state index in [0.29, 0.717) is 0 Å². The van der Waals surface area contributed by atoms with Crippen LogP contribution in [0.5, 0.6) is 0 Å². The molecule has 0 saturated carbocycles. The zero-order valence-electron chi connectivity index (χ0n) is 12.3. The summed E-state index contributed by atoms with van der Waals surface area (Å²) in [6.45, 7) is 0.0451. The predicted octanol–water partition coefficient (Wildman–Crippen LogP) is 0.730. The summed E-state index contributed by atoms with van der Waals surface area (Å²) in [5.41, 5.74) is -0.549. The number of nitro benzene ring substituents is 1. The van der Waals surface area contributed by atoms with Crippen molar-refractivity contribution in [2.45, 2.75) is 6.29 Å². The number of non-ortho nitro benzene ring substituents is 1. The van der Waals surface area contributed by atoms with Crippen LogP contribution in [-0.2, 0) is 14.2 Å². The number of rotatable bonds is 7. The maximum atomic E-state index is 12.1. The van der Waals surface area contributed by atoms with E-state index in [1.165, 1.54) is 20.3 Å². The molecule has 1 N–H and O–H groups in total. The lowest BCUT2D eigenvalue weighted by Gasteiger charge is -2.14. The molecule has 9 heteroatoms. The molecule has 0 aliphatic rings. The predicted molar refractivity (Wildman–Crippen MR) is 74.6 cm³/mol. The van der Waals surface area contributed by atoms with Crippen LogP contribution in [0.25, 0.3) is 0 Å². The molecule has 0 radical (unpaired) electrons. The van der Waals surface area contributed by atoms with Gasteiger partial charge in [-0.3, -0.25) is 14.9 Å². The highest BCUT2D eigenvalue weighted by molar-refractivity contribution is 6.05. The van der Waals surface area contributed by atoms with Crippen molar-refractivity contribution >= 4 is 17.6 Å². The molecule has 0 aliphatic heterocycles. The molecule has 22 heavy (non-hydrogen) atoms. The smallest absolute Gasteiger partial charge is 0.338 e. The van der Waals surface area contributed by atoms with E-state index < -0.39 is 23.1 Å². The number of carbonyl (C=O) groups excluding carboxylic acids is 2. The first-order chi connectivity index (χ1) is 10.4. The van der Waals surface area contributed by atoms with E-state index in [9.17, 15) is 19.7 Å². The van der Waals surface area contributed by atoms with Crippen LogP contribution >= 0.6 is 0 Å². The largest absolute Gasteiger partial charge is 0.465 e. The maximum absolute atomic E-state index is 12.1. The Kier molecular flexibility index (Phi) is 6.42. The fourth-order valence-electron chi connectivity index (χ4n) is 1.66. The van der Waals surface area contributed by atoms with Crippen molar-refractivity contribution in [1.29, 1.82) is 0 Å². The molecule has 0 atom stereocenters. The molecule has 0 saturated heterocycles. The highest BCUT2D eigenvalue weighted by atomic mass is 16.7. The van der Waals surface area contributed by atoms with Crippen LogP contribution in [0.3, 0.4) is 0 Å². The van der Waals surface area contributed by atoms with Gasteiger partial charge in [-0.1, -0.05) is 0 Å². The molecule has 0 bridgehead atoms. The third-order valence-electron chi connectivity index (χ3n) is 2.82. The molecule has 1 aromatic rings. The molecule has 0 fully saturated rings. The van der Waals surface area contributed by atoms with Crippen LogP contribution in [0, 0.1) is 10.1 Å². The van der Waals surface area contributed by atoms with Crippen LogP contribution < -0.4 is 5.32 Å². The van der Waals surface area contributed by atoms with E-state index >= 15 is 0 Å². The van der Waals surface area contributed by atoms with Crippen LogP contribution in [-0.4, -0.2) is 51.0 Å². The van der Waals surface area contributed by atoms with Crippen LogP contribution in [0.4, 0.5) is 5.69 Å². The highest BCUT2D eigenvalue weighted by Crippen LogP contribution is 2.19. The second kappa shape index (κ2) is 8.05. The first-order valence-electron chi connectivity index (χ1n) is 6.15. The number of benzene rings is 1. The molecule has 0 heterocycles. The number of nitrogens with zero attached hydrogens (tertiary/aromatic N) is 1. The second-order valence-corrected chi connectivity index (χ2v) is 4.09. The minimum Gasteiger partial charge on any atom is -0.465 e. The Balaban J connectivity index is 3.04. The van der Waals surface area contributed by atoms with Crippen LogP contribution in [0.15, 0.2) is 18.2 Å². The van der Waals surface area contributed by atoms with Crippen LogP contribution in [0.2, 0.25) is 0 Å². The lowest BCUT2D eigenvalue weighted by atomic mass is 10.1. The van der Waals surface area contributed by atoms with Gasteiger partial charge in [-0.15, -0.1) is 0 Å². The average Bonchev–Trinajstić information content (AvgIpc) is 2.54. The summed E-state index contributed by atoms with van der Waals surface area (Å²) in [7, 11) is 3.94. The minimum atomic E-state index is -0.844. The second-order valence-electron chi connectivity index (χ2n) is 4.09. The highest BCUT2D eigenvalue weighted by Gasteiger charge is 2.22. The Bertz CT molecular complexity index is 570. The molecular formula is C13H16N2O7. The van der Waals surface area contributed by atoms with Crippen molar-refractivity contribution in [3.05, 3.63) is 39.4 Å². The fourth-order valence-corrected chi connectivity index (χ4v) is 1.66. The number of hydrogen-bond acceptors (Lipinski definition) is 7. The SMILES string of the molecule is COC(=O)c1cc([N+](=O)[O-])ccc1C(=O)NCC(OC)OC. The van der Waals surface area contributed by atoms with Crippen molar-refractivity contribution in [2.24, 2.45) is 0 Å². The van der Waals surface area contributed by atoms with Crippen molar-refractivity contribution in [2.75, 3.05) is 27.9 Å². The Morgan fingerprint density at radius 2 is 1.86 bits per heavy atom. The van der Waals surface area contributed by atoms with Gasteiger partial charge in [-0.25, -0.2) is 4.79 Å². The number of nitro groups is 1. The molecule has 9 nitrogen and oxygen atoms in total. The van der Waals surface area contributed by atoms with Crippen molar-refractivity contribution < 1.29 is 28.7 Å². The molecule has 0 aliphatic carbocycles. The Labute approximate surface area is 126 Å². The Morgan fingerprint density at radius 1 is 1.23 bits per heavy atom. The van der Waals surface area contributed by atoms with Gasteiger partial charge in [-0.2, -0.15) is 0 Å². The van der Waals surface area contributed by atoms with Gasteiger partial charge < -0.3 is 19.5 Å². The summed E-state index contributed by atoms with van der Waals surface area (Å²) in [6, 6.07) is 3.31. The van der Waals surface area contributed by atoms with Crippen LogP contribution in [0.1, 0.15) is 20.7 Å². The first kappa shape index (κ1) is 17.5. The van der Waals surface area contributed by atoms with E-state index in [4.69, 9.17) is 9.47 Å². The lowest BCUT2D eigenvalue weighted by Crippen LogP contribution is -2.34. The third-order valence-corrected chi connectivity index (χ3v) is 2.82. The number of amides is 1. The molecule has 1 amide bonds. The average molecular weight is 312 g/mol. The zero-order valence-corrected chi connectivity index (χ0v) is 12.3. The summed E-state index contributed by atoms with van der Waals surface area (Å²) in [6.07, 6.45) is -0.649. The summed E-state index contributed by atoms with van der Waals surface area (Å²) in [4.78, 5) is 33.9. The van der Waals surface area contributed by atoms with Crippen molar-refractivity contribution in [3.8, 4) is 0 Å². The van der Waals surface area contributed by atoms with E-state index in [1.54, 1.807) is 0 Å². The molecule has 1 rings (SSSR count). The van der Waals surface area contributed by atoms with Gasteiger partial charge in [0.05, 0.1) is 29.7 Å². The molecule has 120 valence electrons. The lowest BCUT2D eigenvalue weighted by molar-refractivity contribution is -0.384. The molecular weight excluding hydrogens is 296 g/mol. The normalized spacial score (nSPS) is 10.4. The maximum Gasteiger partial charge on any atom is 0.338 e. The number of hydrogen-bond donors (Lipinski definition) is 1. The number of ether oxygens (including phenoxy) is 3. The standard InChI is InChI=1S/C13H16N2O7/c1-20-11(21-2)7-14-12(16)9-5-4-8(15(18)19)6-10(9)13(17)22-3/h4-6,11H,7H2,1-3H3,(H,14,16). The quantitative estimate of drug-likeness (QED) is 0.341. The first-order valence-corrected chi connectivity index (χ1v) is 6.15. The molecule has 0 spiro atoms. The van der Waals surface area contributed by atoms with E-state index in [1.807, 2.05) is 0 Å². The van der Waals surface area contributed by atoms with Gasteiger partial charge in [0.2, 0.25) is 0 Å². The summed E-state index contributed by atoms with van der Waals surface area (Å²) < 4.78 is 14.4. The zero-order chi connectivity index (χ0) is 16.7. The van der Waals surface area contributed by atoms with Gasteiger partial charge >= 0.3 is 5.97 Å². The van der Waals surface area contributed by atoms with E-state index in [2.05, 4.69) is 10.1 Å². The van der Waals surface area contributed by atoms with E-state index in [-0.39, 0.29) is 23.4 Å². The monoisotopic (exact) mass is 312 g/mol. The fraction of sp³-hybridized carbons (Fsp3) is 0.385. The third kappa shape index (κ3) is 4.24. The number of methoxy groups -OCH3 is 3. The van der Waals surface area contributed by atoms with Crippen molar-refractivity contribution in [3.63, 3.8) is 0 Å². The van der Waals surface area contributed by atoms with Gasteiger partial charge in [-0.05, 0) is 6.07 Å². The van der Waals surface area contributed by atoms with Crippen molar-refractivity contribution in [1.82, 2.24) is 5.32 Å².